The Morgan fingerprint density at radius 2 is 2.12 bits per heavy atom. The average molecular weight is 242 g/mol. The summed E-state index contributed by atoms with van der Waals surface area (Å²) in [6.45, 7) is 10.6. The van der Waals surface area contributed by atoms with Gasteiger partial charge in [-0.1, -0.05) is 13.8 Å². The Hall–Kier alpha value is -0.120. The van der Waals surface area contributed by atoms with Crippen LogP contribution in [0, 0.1) is 11.8 Å². The fourth-order valence-electron chi connectivity index (χ4n) is 2.59. The Kier molecular flexibility index (Phi) is 6.45. The van der Waals surface area contributed by atoms with Crippen LogP contribution in [0.5, 0.6) is 0 Å². The van der Waals surface area contributed by atoms with Gasteiger partial charge in [0.1, 0.15) is 0 Å². The van der Waals surface area contributed by atoms with Crippen LogP contribution in [0.2, 0.25) is 0 Å². The second-order valence-electron chi connectivity index (χ2n) is 6.01. The van der Waals surface area contributed by atoms with E-state index in [1.54, 1.807) is 0 Å². The van der Waals surface area contributed by atoms with Gasteiger partial charge in [0.2, 0.25) is 0 Å². The van der Waals surface area contributed by atoms with Crippen molar-refractivity contribution in [2.45, 2.75) is 52.0 Å². The molecule has 1 aliphatic heterocycles. The van der Waals surface area contributed by atoms with Gasteiger partial charge in [-0.15, -0.1) is 0 Å². The SMILES string of the molecule is CC(C)C(CCN)CCCNC1(C)CCOC1. The highest BCUT2D eigenvalue weighted by Crippen LogP contribution is 2.21. The van der Waals surface area contributed by atoms with Gasteiger partial charge in [0.05, 0.1) is 6.61 Å². The molecule has 3 heteroatoms. The van der Waals surface area contributed by atoms with Gasteiger partial charge >= 0.3 is 0 Å². The van der Waals surface area contributed by atoms with Gasteiger partial charge in [-0.2, -0.15) is 0 Å². The summed E-state index contributed by atoms with van der Waals surface area (Å²) in [6, 6.07) is 0. The molecule has 1 heterocycles. The Labute approximate surface area is 106 Å². The maximum atomic E-state index is 5.66. The van der Waals surface area contributed by atoms with E-state index >= 15 is 0 Å². The Morgan fingerprint density at radius 1 is 1.35 bits per heavy atom. The summed E-state index contributed by atoms with van der Waals surface area (Å²) in [5.74, 6) is 1.54. The molecule has 1 fully saturated rings. The molecule has 0 aromatic carbocycles. The predicted molar refractivity (Wildman–Crippen MR) is 73.1 cm³/mol. The number of hydrogen-bond acceptors (Lipinski definition) is 3. The quantitative estimate of drug-likeness (QED) is 0.641. The fraction of sp³-hybridized carbons (Fsp3) is 1.00. The smallest absolute Gasteiger partial charge is 0.0646 e. The number of ether oxygens (including phenoxy) is 1. The molecule has 102 valence electrons. The highest BCUT2D eigenvalue weighted by molar-refractivity contribution is 4.86. The second kappa shape index (κ2) is 7.34. The van der Waals surface area contributed by atoms with Crippen LogP contribution < -0.4 is 11.1 Å². The maximum Gasteiger partial charge on any atom is 0.0646 e. The minimum absolute atomic E-state index is 0.223. The van der Waals surface area contributed by atoms with E-state index in [-0.39, 0.29) is 5.54 Å². The van der Waals surface area contributed by atoms with E-state index in [0.717, 1.165) is 51.0 Å². The second-order valence-corrected chi connectivity index (χ2v) is 6.01. The molecular weight excluding hydrogens is 212 g/mol. The zero-order valence-electron chi connectivity index (χ0n) is 11.8. The molecule has 0 bridgehead atoms. The van der Waals surface area contributed by atoms with Crippen molar-refractivity contribution in [1.82, 2.24) is 5.32 Å². The molecule has 1 aliphatic rings. The molecule has 0 amide bonds. The van der Waals surface area contributed by atoms with Gasteiger partial charge in [0.15, 0.2) is 0 Å². The lowest BCUT2D eigenvalue weighted by Gasteiger charge is -2.25. The van der Waals surface area contributed by atoms with Crippen LogP contribution in [0.4, 0.5) is 0 Å². The van der Waals surface area contributed by atoms with Crippen molar-refractivity contribution in [1.29, 1.82) is 0 Å². The molecule has 2 atom stereocenters. The highest BCUT2D eigenvalue weighted by Gasteiger charge is 2.28. The molecule has 3 N–H and O–H groups in total. The minimum atomic E-state index is 0.223. The molecule has 17 heavy (non-hydrogen) atoms. The fourth-order valence-corrected chi connectivity index (χ4v) is 2.59. The van der Waals surface area contributed by atoms with Crippen LogP contribution in [-0.2, 0) is 4.74 Å². The lowest BCUT2D eigenvalue weighted by molar-refractivity contribution is 0.171. The van der Waals surface area contributed by atoms with E-state index in [4.69, 9.17) is 10.5 Å². The van der Waals surface area contributed by atoms with Gasteiger partial charge < -0.3 is 15.8 Å². The van der Waals surface area contributed by atoms with Crippen LogP contribution >= 0.6 is 0 Å². The molecule has 1 saturated heterocycles. The van der Waals surface area contributed by atoms with E-state index in [0.29, 0.717) is 0 Å². The van der Waals surface area contributed by atoms with Crippen molar-refractivity contribution in [2.24, 2.45) is 17.6 Å². The van der Waals surface area contributed by atoms with Gasteiger partial charge in [-0.05, 0) is 57.5 Å². The molecule has 0 aromatic rings. The van der Waals surface area contributed by atoms with Crippen molar-refractivity contribution in [3.8, 4) is 0 Å². The number of nitrogens with two attached hydrogens (primary N) is 1. The first-order chi connectivity index (χ1) is 8.07. The largest absolute Gasteiger partial charge is 0.379 e. The third-order valence-corrected chi connectivity index (χ3v) is 4.00. The van der Waals surface area contributed by atoms with Crippen LogP contribution in [0.15, 0.2) is 0 Å². The molecule has 0 aromatic heterocycles. The van der Waals surface area contributed by atoms with Gasteiger partial charge in [-0.3, -0.25) is 0 Å². The molecule has 0 radical (unpaired) electrons. The van der Waals surface area contributed by atoms with Crippen LogP contribution in [0.3, 0.4) is 0 Å². The first-order valence-electron chi connectivity index (χ1n) is 7.10. The van der Waals surface area contributed by atoms with Crippen molar-refractivity contribution in [2.75, 3.05) is 26.3 Å². The van der Waals surface area contributed by atoms with Crippen LogP contribution in [-0.4, -0.2) is 31.8 Å². The molecule has 2 unspecified atom stereocenters. The summed E-state index contributed by atoms with van der Waals surface area (Å²) >= 11 is 0. The zero-order chi connectivity index (χ0) is 12.7. The number of rotatable bonds is 8. The van der Waals surface area contributed by atoms with Crippen molar-refractivity contribution in [3.05, 3.63) is 0 Å². The van der Waals surface area contributed by atoms with Gasteiger partial charge in [0, 0.05) is 12.1 Å². The van der Waals surface area contributed by atoms with Crippen molar-refractivity contribution < 1.29 is 4.74 Å². The highest BCUT2D eigenvalue weighted by atomic mass is 16.5. The number of nitrogens with one attached hydrogen (secondary N) is 1. The topological polar surface area (TPSA) is 47.3 Å². The Morgan fingerprint density at radius 3 is 2.65 bits per heavy atom. The average Bonchev–Trinajstić information content (AvgIpc) is 2.70. The summed E-state index contributed by atoms with van der Waals surface area (Å²) in [6.07, 6.45) is 4.85. The molecular formula is C14H30N2O. The van der Waals surface area contributed by atoms with E-state index in [1.807, 2.05) is 0 Å². The maximum absolute atomic E-state index is 5.66. The monoisotopic (exact) mass is 242 g/mol. The molecule has 3 nitrogen and oxygen atoms in total. The molecule has 1 rings (SSSR count). The lowest BCUT2D eigenvalue weighted by atomic mass is 9.88. The number of hydrogen-bond donors (Lipinski definition) is 2. The summed E-state index contributed by atoms with van der Waals surface area (Å²) < 4.78 is 5.44. The molecule has 0 saturated carbocycles. The third-order valence-electron chi connectivity index (χ3n) is 4.00. The summed E-state index contributed by atoms with van der Waals surface area (Å²) in [5, 5.41) is 3.64. The first-order valence-corrected chi connectivity index (χ1v) is 7.10. The van der Waals surface area contributed by atoms with Crippen molar-refractivity contribution in [3.63, 3.8) is 0 Å². The zero-order valence-corrected chi connectivity index (χ0v) is 11.8. The van der Waals surface area contributed by atoms with Crippen LogP contribution in [0.1, 0.15) is 46.5 Å². The van der Waals surface area contributed by atoms with Crippen molar-refractivity contribution >= 4 is 0 Å². The van der Waals surface area contributed by atoms with E-state index < -0.39 is 0 Å². The van der Waals surface area contributed by atoms with E-state index in [2.05, 4.69) is 26.1 Å². The minimum Gasteiger partial charge on any atom is -0.379 e. The first kappa shape index (κ1) is 14.9. The predicted octanol–water partition coefficient (Wildman–Crippen LogP) is 2.16. The summed E-state index contributed by atoms with van der Waals surface area (Å²) in [5.41, 5.74) is 5.88. The Balaban J connectivity index is 2.13. The molecule has 0 aliphatic carbocycles. The van der Waals surface area contributed by atoms with Gasteiger partial charge in [-0.25, -0.2) is 0 Å². The standard InChI is InChI=1S/C14H30N2O/c1-12(2)13(6-8-15)5-4-9-16-14(3)7-10-17-11-14/h12-13,16H,4-11,15H2,1-3H3. The third kappa shape index (κ3) is 5.36. The normalized spacial score (nSPS) is 26.6. The summed E-state index contributed by atoms with van der Waals surface area (Å²) in [4.78, 5) is 0. The lowest BCUT2D eigenvalue weighted by Crippen LogP contribution is -2.43. The molecule has 0 spiro atoms. The van der Waals surface area contributed by atoms with Crippen LogP contribution in [0.25, 0.3) is 0 Å². The van der Waals surface area contributed by atoms with E-state index in [9.17, 15) is 0 Å². The summed E-state index contributed by atoms with van der Waals surface area (Å²) in [7, 11) is 0. The van der Waals surface area contributed by atoms with Gasteiger partial charge in [0.25, 0.3) is 0 Å². The Bertz CT molecular complexity index is 200. The van der Waals surface area contributed by atoms with E-state index in [1.165, 1.54) is 12.8 Å².